The van der Waals surface area contributed by atoms with Gasteiger partial charge in [-0.05, 0) is 33.2 Å². The highest BCUT2D eigenvalue weighted by atomic mass is 35.5. The number of rotatable bonds is 4. The Bertz CT molecular complexity index is 487. The van der Waals surface area contributed by atoms with Crippen LogP contribution >= 0.6 is 11.6 Å². The van der Waals surface area contributed by atoms with Gasteiger partial charge in [-0.25, -0.2) is 0 Å². The smallest absolute Gasteiger partial charge is 0.310 e. The van der Waals surface area contributed by atoms with Gasteiger partial charge in [-0.1, -0.05) is 11.6 Å². The fourth-order valence-corrected chi connectivity index (χ4v) is 2.96. The lowest BCUT2D eigenvalue weighted by atomic mass is 9.98. The second-order valence-corrected chi connectivity index (χ2v) is 5.66. The minimum absolute atomic E-state index is 0.0144. The molecule has 2 heterocycles. The van der Waals surface area contributed by atoms with Crippen molar-refractivity contribution >= 4 is 17.6 Å². The highest BCUT2D eigenvalue weighted by molar-refractivity contribution is 6.30. The maximum Gasteiger partial charge on any atom is 0.310 e. The molecule has 1 fully saturated rings. The van der Waals surface area contributed by atoms with Crippen molar-refractivity contribution in [2.75, 3.05) is 19.7 Å². The lowest BCUT2D eigenvalue weighted by molar-refractivity contribution is -0.150. The van der Waals surface area contributed by atoms with E-state index in [0.29, 0.717) is 11.8 Å². The molecule has 5 nitrogen and oxygen atoms in total. The third kappa shape index (κ3) is 3.33. The Morgan fingerprint density at radius 2 is 2.30 bits per heavy atom. The maximum atomic E-state index is 11.8. The molecule has 0 saturated carbocycles. The molecule has 0 aromatic carbocycles. The van der Waals surface area contributed by atoms with E-state index in [2.05, 4.69) is 10.00 Å². The first-order valence-electron chi connectivity index (χ1n) is 7.09. The molecule has 0 bridgehead atoms. The zero-order chi connectivity index (χ0) is 14.7. The SMILES string of the molecule is CCOC(=O)[C@H]1CCCN(Cc2c(C)nn(C)c2Cl)C1. The van der Waals surface area contributed by atoms with E-state index in [-0.39, 0.29) is 11.9 Å². The predicted octanol–water partition coefficient (Wildman–Crippen LogP) is 2.16. The number of nitrogens with zero attached hydrogens (tertiary/aromatic N) is 3. The van der Waals surface area contributed by atoms with Crippen molar-refractivity contribution in [1.82, 2.24) is 14.7 Å². The zero-order valence-corrected chi connectivity index (χ0v) is 13.1. The molecule has 1 atom stereocenters. The predicted molar refractivity (Wildman–Crippen MR) is 77.6 cm³/mol. The maximum absolute atomic E-state index is 11.8. The van der Waals surface area contributed by atoms with Crippen LogP contribution in [0.15, 0.2) is 0 Å². The van der Waals surface area contributed by atoms with Crippen LogP contribution in [0.1, 0.15) is 31.0 Å². The van der Waals surface area contributed by atoms with Gasteiger partial charge in [0.25, 0.3) is 0 Å². The van der Waals surface area contributed by atoms with Crippen molar-refractivity contribution in [1.29, 1.82) is 0 Å². The van der Waals surface area contributed by atoms with Gasteiger partial charge in [-0.15, -0.1) is 0 Å². The summed E-state index contributed by atoms with van der Waals surface area (Å²) in [6, 6.07) is 0. The molecule has 112 valence electrons. The van der Waals surface area contributed by atoms with E-state index in [0.717, 1.165) is 43.7 Å². The van der Waals surface area contributed by atoms with Gasteiger partial charge >= 0.3 is 5.97 Å². The Hall–Kier alpha value is -1.07. The molecule has 0 aliphatic carbocycles. The van der Waals surface area contributed by atoms with E-state index in [1.807, 2.05) is 20.9 Å². The standard InChI is InChI=1S/C14H22ClN3O2/c1-4-20-14(19)11-6-5-7-18(8-11)9-12-10(2)16-17(3)13(12)15/h11H,4-9H2,1-3H3/t11-/m0/s1. The minimum Gasteiger partial charge on any atom is -0.466 e. The van der Waals surface area contributed by atoms with E-state index in [1.54, 1.807) is 4.68 Å². The fourth-order valence-electron chi connectivity index (χ4n) is 2.73. The summed E-state index contributed by atoms with van der Waals surface area (Å²) in [6.45, 7) is 6.73. The number of aryl methyl sites for hydroxylation is 2. The van der Waals surface area contributed by atoms with Gasteiger partial charge in [0.2, 0.25) is 0 Å². The Balaban J connectivity index is 2.01. The number of piperidine rings is 1. The van der Waals surface area contributed by atoms with Crippen LogP contribution in [0.5, 0.6) is 0 Å². The number of ether oxygens (including phenoxy) is 1. The van der Waals surface area contributed by atoms with Crippen molar-refractivity contribution in [3.05, 3.63) is 16.4 Å². The molecule has 0 amide bonds. The summed E-state index contributed by atoms with van der Waals surface area (Å²) >= 11 is 6.26. The Kier molecular flexibility index (Phi) is 5.05. The topological polar surface area (TPSA) is 47.4 Å². The number of carbonyl (C=O) groups is 1. The lowest BCUT2D eigenvalue weighted by Gasteiger charge is -2.31. The lowest BCUT2D eigenvalue weighted by Crippen LogP contribution is -2.39. The number of hydrogen-bond donors (Lipinski definition) is 0. The summed E-state index contributed by atoms with van der Waals surface area (Å²) in [4.78, 5) is 14.1. The Morgan fingerprint density at radius 3 is 2.90 bits per heavy atom. The molecule has 1 aromatic heterocycles. The second-order valence-electron chi connectivity index (χ2n) is 5.30. The van der Waals surface area contributed by atoms with E-state index >= 15 is 0 Å². The molecule has 0 radical (unpaired) electrons. The van der Waals surface area contributed by atoms with Crippen molar-refractivity contribution in [2.45, 2.75) is 33.2 Å². The van der Waals surface area contributed by atoms with Crippen LogP contribution in [0.25, 0.3) is 0 Å². The molecule has 20 heavy (non-hydrogen) atoms. The average molecular weight is 300 g/mol. The molecule has 6 heteroatoms. The first kappa shape index (κ1) is 15.3. The van der Waals surface area contributed by atoms with Crippen LogP contribution in [0.4, 0.5) is 0 Å². The molecule has 2 rings (SSSR count). The first-order valence-corrected chi connectivity index (χ1v) is 7.47. The van der Waals surface area contributed by atoms with Crippen LogP contribution in [-0.4, -0.2) is 40.3 Å². The van der Waals surface area contributed by atoms with Crippen molar-refractivity contribution < 1.29 is 9.53 Å². The quantitative estimate of drug-likeness (QED) is 0.799. The van der Waals surface area contributed by atoms with Gasteiger partial charge < -0.3 is 4.74 Å². The van der Waals surface area contributed by atoms with Gasteiger partial charge in [0.05, 0.1) is 18.2 Å². The molecule has 1 aliphatic rings. The van der Waals surface area contributed by atoms with Gasteiger partial charge in [-0.2, -0.15) is 5.10 Å². The van der Waals surface area contributed by atoms with Crippen LogP contribution < -0.4 is 0 Å². The summed E-state index contributed by atoms with van der Waals surface area (Å²) in [5, 5.41) is 5.01. The second kappa shape index (κ2) is 6.59. The minimum atomic E-state index is -0.0776. The van der Waals surface area contributed by atoms with E-state index < -0.39 is 0 Å². The van der Waals surface area contributed by atoms with E-state index in [9.17, 15) is 4.79 Å². The normalized spacial score (nSPS) is 20.1. The third-order valence-corrected chi connectivity index (χ3v) is 4.25. The van der Waals surface area contributed by atoms with E-state index in [1.165, 1.54) is 0 Å². The van der Waals surface area contributed by atoms with Gasteiger partial charge in [-0.3, -0.25) is 14.4 Å². The van der Waals surface area contributed by atoms with Crippen LogP contribution in [0.3, 0.4) is 0 Å². The zero-order valence-electron chi connectivity index (χ0n) is 12.4. The number of likely N-dealkylation sites (tertiary alicyclic amines) is 1. The van der Waals surface area contributed by atoms with Gasteiger partial charge in [0.1, 0.15) is 5.15 Å². The summed E-state index contributed by atoms with van der Waals surface area (Å²) in [7, 11) is 1.84. The van der Waals surface area contributed by atoms with Gasteiger partial charge in [0, 0.05) is 25.7 Å². The van der Waals surface area contributed by atoms with Crippen LogP contribution in [0.2, 0.25) is 5.15 Å². The molecule has 1 aromatic rings. The van der Waals surface area contributed by atoms with Crippen molar-refractivity contribution in [3.63, 3.8) is 0 Å². The molecular weight excluding hydrogens is 278 g/mol. The number of aromatic nitrogens is 2. The highest BCUT2D eigenvalue weighted by Crippen LogP contribution is 2.24. The number of hydrogen-bond acceptors (Lipinski definition) is 4. The average Bonchev–Trinajstić information content (AvgIpc) is 2.66. The van der Waals surface area contributed by atoms with Crippen LogP contribution in [0, 0.1) is 12.8 Å². The fraction of sp³-hybridized carbons (Fsp3) is 0.714. The van der Waals surface area contributed by atoms with Crippen LogP contribution in [-0.2, 0) is 23.1 Å². The molecular formula is C14H22ClN3O2. The summed E-state index contributed by atoms with van der Waals surface area (Å²) < 4.78 is 6.82. The Labute approximate surface area is 124 Å². The van der Waals surface area contributed by atoms with Crippen molar-refractivity contribution in [2.24, 2.45) is 13.0 Å². The van der Waals surface area contributed by atoms with Gasteiger partial charge in [0.15, 0.2) is 0 Å². The molecule has 0 N–H and O–H groups in total. The monoisotopic (exact) mass is 299 g/mol. The summed E-state index contributed by atoms with van der Waals surface area (Å²) in [5.41, 5.74) is 2.01. The molecule has 1 aliphatic heterocycles. The molecule has 1 saturated heterocycles. The number of esters is 1. The summed E-state index contributed by atoms with van der Waals surface area (Å²) in [6.07, 6.45) is 1.93. The Morgan fingerprint density at radius 1 is 1.55 bits per heavy atom. The largest absolute Gasteiger partial charge is 0.466 e. The number of halogens is 1. The molecule has 0 unspecified atom stereocenters. The first-order chi connectivity index (χ1) is 9.52. The van der Waals surface area contributed by atoms with Crippen molar-refractivity contribution in [3.8, 4) is 0 Å². The van der Waals surface area contributed by atoms with E-state index in [4.69, 9.17) is 16.3 Å². The third-order valence-electron chi connectivity index (χ3n) is 3.78. The number of carbonyl (C=O) groups excluding carboxylic acids is 1. The highest BCUT2D eigenvalue weighted by Gasteiger charge is 2.27. The summed E-state index contributed by atoms with van der Waals surface area (Å²) in [5.74, 6) is -0.0920. The molecule has 0 spiro atoms.